The van der Waals surface area contributed by atoms with E-state index in [-0.39, 0.29) is 66.0 Å². The molecule has 0 radical (unpaired) electrons. The van der Waals surface area contributed by atoms with E-state index in [0.717, 1.165) is 10.8 Å². The van der Waals surface area contributed by atoms with Crippen LogP contribution in [0.2, 0.25) is 0 Å². The number of nitrogens with one attached hydrogen (secondary N) is 2. The van der Waals surface area contributed by atoms with E-state index in [1.165, 1.54) is 11.8 Å². The number of rotatable bonds is 8. The molecule has 46 heavy (non-hydrogen) atoms. The molecule has 4 aromatic rings. The molecular formula is C33H39N5O7S. The number of amides is 3. The minimum absolute atomic E-state index is 0.0509. The number of likely N-dealkylation sites (N-methyl/N-ethyl adjacent to an activating group) is 1. The third-order valence-electron chi connectivity index (χ3n) is 8.24. The summed E-state index contributed by atoms with van der Waals surface area (Å²) in [5, 5.41) is 18.6. The molecule has 244 valence electrons. The van der Waals surface area contributed by atoms with Crippen LogP contribution in [-0.2, 0) is 21.2 Å². The zero-order valence-electron chi connectivity index (χ0n) is 26.5. The number of aliphatic hydroxyl groups excluding tert-OH is 1. The maximum absolute atomic E-state index is 13.6. The fourth-order valence-corrected chi connectivity index (χ4v) is 7.05. The van der Waals surface area contributed by atoms with Crippen molar-refractivity contribution in [2.45, 2.75) is 51.2 Å². The molecule has 2 heterocycles. The van der Waals surface area contributed by atoms with E-state index in [1.807, 2.05) is 49.4 Å². The Hall–Kier alpha value is -4.62. The number of hydrogen-bond acceptors (Lipinski definition) is 8. The van der Waals surface area contributed by atoms with Gasteiger partial charge in [-0.2, -0.15) is 0 Å². The van der Waals surface area contributed by atoms with Gasteiger partial charge >= 0.3 is 6.03 Å². The van der Waals surface area contributed by atoms with Crippen LogP contribution in [0.3, 0.4) is 0 Å². The summed E-state index contributed by atoms with van der Waals surface area (Å²) < 4.78 is 40.5. The fourth-order valence-electron chi connectivity index (χ4n) is 5.67. The first-order valence-electron chi connectivity index (χ1n) is 15.0. The molecule has 1 aliphatic rings. The zero-order chi connectivity index (χ0) is 33.2. The van der Waals surface area contributed by atoms with Crippen LogP contribution in [0.25, 0.3) is 10.8 Å². The lowest BCUT2D eigenvalue weighted by molar-refractivity contribution is -0.134. The maximum Gasteiger partial charge on any atom is 0.321 e. The Morgan fingerprint density at radius 2 is 1.89 bits per heavy atom. The van der Waals surface area contributed by atoms with E-state index in [2.05, 4.69) is 15.2 Å². The number of benzene rings is 3. The fraction of sp³-hybridized carbons (Fsp3) is 0.364. The predicted molar refractivity (Wildman–Crippen MR) is 174 cm³/mol. The van der Waals surface area contributed by atoms with Gasteiger partial charge in [0.1, 0.15) is 17.5 Å². The zero-order valence-corrected chi connectivity index (χ0v) is 27.3. The average Bonchev–Trinajstić information content (AvgIpc) is 3.39. The third-order valence-corrected chi connectivity index (χ3v) is 9.86. The van der Waals surface area contributed by atoms with Crippen molar-refractivity contribution < 1.29 is 32.4 Å². The van der Waals surface area contributed by atoms with Gasteiger partial charge in [0.15, 0.2) is 10.7 Å². The van der Waals surface area contributed by atoms with Crippen molar-refractivity contribution >= 4 is 44.1 Å². The van der Waals surface area contributed by atoms with Crippen LogP contribution in [0.15, 0.2) is 70.1 Å². The molecule has 12 nitrogen and oxygen atoms in total. The molecule has 3 N–H and O–H groups in total. The van der Waals surface area contributed by atoms with Crippen molar-refractivity contribution in [2.75, 3.05) is 36.8 Å². The van der Waals surface area contributed by atoms with Crippen LogP contribution in [0.1, 0.15) is 30.9 Å². The van der Waals surface area contributed by atoms with Crippen LogP contribution < -0.4 is 14.8 Å². The summed E-state index contributed by atoms with van der Waals surface area (Å²) in [7, 11) is -2.36. The van der Waals surface area contributed by atoms with Crippen LogP contribution in [0.4, 0.5) is 16.2 Å². The summed E-state index contributed by atoms with van der Waals surface area (Å²) in [5.74, 6) is 0.0678. The molecule has 1 aromatic heterocycles. The number of anilines is 2. The second-order valence-electron chi connectivity index (χ2n) is 11.8. The highest BCUT2D eigenvalue weighted by molar-refractivity contribution is 7.92. The van der Waals surface area contributed by atoms with Crippen molar-refractivity contribution in [3.8, 4) is 5.75 Å². The lowest BCUT2D eigenvalue weighted by Gasteiger charge is -2.34. The topological polar surface area (TPSA) is 154 Å². The number of carbonyl (C=O) groups excluding carboxylic acids is 2. The Morgan fingerprint density at radius 1 is 1.15 bits per heavy atom. The summed E-state index contributed by atoms with van der Waals surface area (Å²) in [6, 6.07) is 17.4. The molecule has 0 aliphatic carbocycles. The Labute approximate surface area is 268 Å². The number of carbonyl (C=O) groups is 2. The van der Waals surface area contributed by atoms with Gasteiger partial charge in [-0.05, 0) is 50.4 Å². The third kappa shape index (κ3) is 6.95. The van der Waals surface area contributed by atoms with E-state index < -0.39 is 22.2 Å². The molecule has 13 heteroatoms. The molecule has 0 fully saturated rings. The highest BCUT2D eigenvalue weighted by Crippen LogP contribution is 2.31. The molecule has 3 aromatic carbocycles. The number of nitrogens with zero attached hydrogens (tertiary/aromatic N) is 3. The number of ether oxygens (including phenoxy) is 1. The van der Waals surface area contributed by atoms with Crippen molar-refractivity contribution in [3.05, 3.63) is 77.7 Å². The van der Waals surface area contributed by atoms with E-state index in [9.17, 15) is 23.1 Å². The Balaban J connectivity index is 1.42. The van der Waals surface area contributed by atoms with Gasteiger partial charge in [-0.15, -0.1) is 0 Å². The van der Waals surface area contributed by atoms with Crippen molar-refractivity contribution in [1.29, 1.82) is 0 Å². The standard InChI is InChI=1S/C33H39N5O7S/c1-20-17-38(21(2)19-39)31(40)16-25-15-26(36-46(42,43)32-22(3)35-45-23(32)4)13-14-29(25)44-30(20)18-37(5)33(41)34-28-12-8-10-24-9-6-7-11-27(24)28/h6-15,20-21,30,36,39H,16-19H2,1-5H3,(H,34,41)/t20-,21+,30-/m0/s1. The quantitative estimate of drug-likeness (QED) is 0.251. The molecule has 1 aliphatic heterocycles. The molecule has 0 saturated heterocycles. The van der Waals surface area contributed by atoms with E-state index in [0.29, 0.717) is 17.0 Å². The van der Waals surface area contributed by atoms with Gasteiger partial charge in [-0.3, -0.25) is 9.52 Å². The van der Waals surface area contributed by atoms with Gasteiger partial charge in [0, 0.05) is 36.1 Å². The van der Waals surface area contributed by atoms with Gasteiger partial charge < -0.3 is 29.5 Å². The van der Waals surface area contributed by atoms with E-state index in [4.69, 9.17) is 9.26 Å². The number of aromatic nitrogens is 1. The number of hydrogen-bond donors (Lipinski definition) is 3. The predicted octanol–water partition coefficient (Wildman–Crippen LogP) is 4.56. The first-order chi connectivity index (χ1) is 21.9. The molecular weight excluding hydrogens is 610 g/mol. The lowest BCUT2D eigenvalue weighted by atomic mass is 10.0. The number of sulfonamides is 1. The summed E-state index contributed by atoms with van der Waals surface area (Å²) in [4.78, 5) is 30.0. The lowest BCUT2D eigenvalue weighted by Crippen LogP contribution is -2.48. The number of aliphatic hydroxyl groups is 1. The van der Waals surface area contributed by atoms with E-state index in [1.54, 1.807) is 44.0 Å². The second-order valence-corrected chi connectivity index (χ2v) is 13.4. The molecule has 0 spiro atoms. The van der Waals surface area contributed by atoms with Gasteiger partial charge in [0.05, 0.1) is 31.3 Å². The number of urea groups is 1. The Morgan fingerprint density at radius 3 is 2.61 bits per heavy atom. The molecule has 5 rings (SSSR count). The van der Waals surface area contributed by atoms with Gasteiger partial charge in [0.2, 0.25) is 5.91 Å². The van der Waals surface area contributed by atoms with Crippen LogP contribution >= 0.6 is 0 Å². The van der Waals surface area contributed by atoms with Gasteiger partial charge in [-0.1, -0.05) is 48.5 Å². The first kappa shape index (κ1) is 32.8. The highest BCUT2D eigenvalue weighted by atomic mass is 32.2. The summed E-state index contributed by atoms with van der Waals surface area (Å²) in [5.41, 5.74) is 1.60. The average molecular weight is 650 g/mol. The monoisotopic (exact) mass is 649 g/mol. The minimum Gasteiger partial charge on any atom is -0.488 e. The minimum atomic E-state index is -4.03. The molecule has 0 saturated carbocycles. The molecule has 3 amide bonds. The van der Waals surface area contributed by atoms with Crippen molar-refractivity contribution in [1.82, 2.24) is 15.0 Å². The highest BCUT2D eigenvalue weighted by Gasteiger charge is 2.32. The van der Waals surface area contributed by atoms with E-state index >= 15 is 0 Å². The Kier molecular flexibility index (Phi) is 9.54. The van der Waals surface area contributed by atoms with Gasteiger partial charge in [-0.25, -0.2) is 13.2 Å². The molecule has 0 bridgehead atoms. The van der Waals surface area contributed by atoms with Crippen LogP contribution in [0.5, 0.6) is 5.75 Å². The van der Waals surface area contributed by atoms with Crippen LogP contribution in [0, 0.1) is 19.8 Å². The SMILES string of the molecule is Cc1noc(C)c1S(=O)(=O)Nc1ccc2c(c1)CC(=O)N([C@H](C)CO)C[C@H](C)[C@H](CN(C)C(=O)Nc1cccc3ccccc13)O2. The molecule has 0 unspecified atom stereocenters. The summed E-state index contributed by atoms with van der Waals surface area (Å²) in [6.45, 7) is 6.99. The maximum atomic E-state index is 13.6. The molecule has 3 atom stereocenters. The summed E-state index contributed by atoms with van der Waals surface area (Å²) >= 11 is 0. The van der Waals surface area contributed by atoms with Gasteiger partial charge in [0.25, 0.3) is 10.0 Å². The normalized spacial score (nSPS) is 17.7. The largest absolute Gasteiger partial charge is 0.488 e. The van der Waals surface area contributed by atoms with Crippen molar-refractivity contribution in [3.63, 3.8) is 0 Å². The smallest absolute Gasteiger partial charge is 0.321 e. The van der Waals surface area contributed by atoms with Crippen molar-refractivity contribution in [2.24, 2.45) is 5.92 Å². The summed E-state index contributed by atoms with van der Waals surface area (Å²) in [6.07, 6.45) is -0.636. The second kappa shape index (κ2) is 13.4. The first-order valence-corrected chi connectivity index (χ1v) is 16.5. The number of aryl methyl sites for hydroxylation is 2. The number of fused-ring (bicyclic) bond motifs is 2. The van der Waals surface area contributed by atoms with Crippen LogP contribution in [-0.4, -0.2) is 79.3 Å². The Bertz CT molecular complexity index is 1830.